The molecule has 1 rings (SSSR count). The van der Waals surface area contributed by atoms with E-state index in [-0.39, 0.29) is 22.6 Å². The van der Waals surface area contributed by atoms with Gasteiger partial charge in [0.1, 0.15) is 22.5 Å². The van der Waals surface area contributed by atoms with Gasteiger partial charge in [-0.3, -0.25) is 4.79 Å². The number of benzene rings is 1. The van der Waals surface area contributed by atoms with E-state index in [9.17, 15) is 17.6 Å². The first kappa shape index (κ1) is 18.9. The lowest BCUT2D eigenvalue weighted by atomic mass is 10.1. The highest BCUT2D eigenvalue weighted by molar-refractivity contribution is 9.10. The largest absolute Gasteiger partial charge is 0.495 e. The van der Waals surface area contributed by atoms with Crippen molar-refractivity contribution >= 4 is 31.9 Å². The Hall–Kier alpha value is -1.19. The van der Waals surface area contributed by atoms with Crippen LogP contribution >= 0.6 is 15.9 Å². The van der Waals surface area contributed by atoms with E-state index in [0.717, 1.165) is 6.07 Å². The highest BCUT2D eigenvalue weighted by Gasteiger charge is 2.29. The van der Waals surface area contributed by atoms with E-state index in [1.165, 1.54) is 13.2 Å². The van der Waals surface area contributed by atoms with Gasteiger partial charge < -0.3 is 9.84 Å². The SMILES string of the molecule is COc1cc(Br)c(F)cc1S(=O)(=O)NC(CC(C)C)C(=O)O. The van der Waals surface area contributed by atoms with E-state index in [4.69, 9.17) is 9.84 Å². The second kappa shape index (κ2) is 7.38. The molecule has 1 aromatic rings. The normalized spacial score (nSPS) is 13.2. The number of hydrogen-bond acceptors (Lipinski definition) is 4. The zero-order valence-corrected chi connectivity index (χ0v) is 14.7. The van der Waals surface area contributed by atoms with Crippen LogP contribution < -0.4 is 9.46 Å². The van der Waals surface area contributed by atoms with Gasteiger partial charge in [0.2, 0.25) is 10.0 Å². The van der Waals surface area contributed by atoms with Gasteiger partial charge in [-0.05, 0) is 40.4 Å². The van der Waals surface area contributed by atoms with Crippen LogP contribution in [0.2, 0.25) is 0 Å². The fourth-order valence-corrected chi connectivity index (χ4v) is 3.49. The maximum Gasteiger partial charge on any atom is 0.321 e. The second-order valence-corrected chi connectivity index (χ2v) is 7.60. The van der Waals surface area contributed by atoms with E-state index < -0.39 is 32.7 Å². The Kier molecular flexibility index (Phi) is 6.33. The molecule has 2 N–H and O–H groups in total. The van der Waals surface area contributed by atoms with Crippen LogP contribution in [0, 0.1) is 11.7 Å². The number of ether oxygens (including phenoxy) is 1. The predicted molar refractivity (Wildman–Crippen MR) is 81.9 cm³/mol. The summed E-state index contributed by atoms with van der Waals surface area (Å²) in [6.07, 6.45) is 0.107. The Morgan fingerprint density at radius 1 is 1.45 bits per heavy atom. The van der Waals surface area contributed by atoms with Gasteiger partial charge in [0.15, 0.2) is 0 Å². The van der Waals surface area contributed by atoms with Crippen molar-refractivity contribution in [3.63, 3.8) is 0 Å². The van der Waals surface area contributed by atoms with Crippen LogP contribution in [0.15, 0.2) is 21.5 Å². The van der Waals surface area contributed by atoms with Gasteiger partial charge in [-0.1, -0.05) is 13.8 Å². The van der Waals surface area contributed by atoms with Crippen LogP contribution in [0.25, 0.3) is 0 Å². The van der Waals surface area contributed by atoms with Gasteiger partial charge in [0, 0.05) is 0 Å². The van der Waals surface area contributed by atoms with E-state index in [0.29, 0.717) is 0 Å². The summed E-state index contributed by atoms with van der Waals surface area (Å²) in [4.78, 5) is 10.7. The van der Waals surface area contributed by atoms with Crippen LogP contribution in [-0.4, -0.2) is 32.6 Å². The van der Waals surface area contributed by atoms with Gasteiger partial charge >= 0.3 is 5.97 Å². The average Bonchev–Trinajstić information content (AvgIpc) is 2.39. The molecule has 9 heteroatoms. The summed E-state index contributed by atoms with van der Waals surface area (Å²) in [5.74, 6) is -2.22. The quantitative estimate of drug-likeness (QED) is 0.736. The molecule has 0 radical (unpaired) electrons. The van der Waals surface area contributed by atoms with Crippen molar-refractivity contribution in [2.24, 2.45) is 5.92 Å². The highest BCUT2D eigenvalue weighted by atomic mass is 79.9. The van der Waals surface area contributed by atoms with E-state index in [1.54, 1.807) is 13.8 Å². The molecule has 0 spiro atoms. The number of sulfonamides is 1. The first-order valence-electron chi connectivity index (χ1n) is 6.36. The van der Waals surface area contributed by atoms with Crippen molar-refractivity contribution in [3.8, 4) is 5.75 Å². The molecular formula is C13H17BrFNO5S. The molecular weight excluding hydrogens is 381 g/mol. The van der Waals surface area contributed by atoms with Crippen molar-refractivity contribution in [2.75, 3.05) is 7.11 Å². The molecule has 0 bridgehead atoms. The third-order valence-corrected chi connectivity index (χ3v) is 4.90. The van der Waals surface area contributed by atoms with Crippen molar-refractivity contribution in [2.45, 2.75) is 31.2 Å². The molecule has 124 valence electrons. The van der Waals surface area contributed by atoms with Gasteiger partial charge in [-0.2, -0.15) is 4.72 Å². The summed E-state index contributed by atoms with van der Waals surface area (Å²) in [5, 5.41) is 9.12. The maximum absolute atomic E-state index is 13.6. The molecule has 6 nitrogen and oxygen atoms in total. The van der Waals surface area contributed by atoms with Gasteiger partial charge in [0.25, 0.3) is 0 Å². The monoisotopic (exact) mass is 397 g/mol. The zero-order chi connectivity index (χ0) is 17.1. The molecule has 0 amide bonds. The van der Waals surface area contributed by atoms with Crippen LogP contribution in [-0.2, 0) is 14.8 Å². The average molecular weight is 398 g/mol. The molecule has 1 unspecified atom stereocenters. The van der Waals surface area contributed by atoms with Gasteiger partial charge in [-0.15, -0.1) is 0 Å². The lowest BCUT2D eigenvalue weighted by Gasteiger charge is -2.18. The number of aliphatic carboxylic acids is 1. The lowest BCUT2D eigenvalue weighted by molar-refractivity contribution is -0.139. The third kappa shape index (κ3) is 4.65. The Balaban J connectivity index is 3.23. The minimum Gasteiger partial charge on any atom is -0.495 e. The number of rotatable bonds is 7. The number of nitrogens with one attached hydrogen (secondary N) is 1. The van der Waals surface area contributed by atoms with Crippen LogP contribution in [0.3, 0.4) is 0 Å². The summed E-state index contributed by atoms with van der Waals surface area (Å²) in [6, 6.07) is 0.642. The van der Waals surface area contributed by atoms with E-state index in [2.05, 4.69) is 20.7 Å². The second-order valence-electron chi connectivity index (χ2n) is 5.06. The van der Waals surface area contributed by atoms with Crippen molar-refractivity contribution in [1.82, 2.24) is 4.72 Å². The smallest absolute Gasteiger partial charge is 0.321 e. The number of carboxylic acids is 1. The summed E-state index contributed by atoms with van der Waals surface area (Å²) >= 11 is 2.93. The molecule has 1 atom stereocenters. The first-order valence-corrected chi connectivity index (χ1v) is 8.64. The summed E-state index contributed by atoms with van der Waals surface area (Å²) in [6.45, 7) is 3.54. The lowest BCUT2D eigenvalue weighted by Crippen LogP contribution is -2.41. The molecule has 0 heterocycles. The van der Waals surface area contributed by atoms with E-state index >= 15 is 0 Å². The molecule has 0 saturated carbocycles. The third-order valence-electron chi connectivity index (χ3n) is 2.80. The van der Waals surface area contributed by atoms with Crippen molar-refractivity contribution in [1.29, 1.82) is 0 Å². The van der Waals surface area contributed by atoms with Crippen molar-refractivity contribution < 1.29 is 27.4 Å². The fourth-order valence-electron chi connectivity index (χ4n) is 1.80. The standard InChI is InChI=1S/C13H17BrFNO5S/c1-7(2)4-10(13(17)18)16-22(19,20)12-6-9(15)8(14)5-11(12)21-3/h5-7,10,16H,4H2,1-3H3,(H,17,18). The molecule has 0 saturated heterocycles. The minimum absolute atomic E-state index is 0.0349. The number of halogens is 2. The predicted octanol–water partition coefficient (Wildman–Crippen LogP) is 2.37. The maximum atomic E-state index is 13.6. The Labute approximate surface area is 136 Å². The Morgan fingerprint density at radius 2 is 2.05 bits per heavy atom. The molecule has 22 heavy (non-hydrogen) atoms. The number of carbonyl (C=O) groups is 1. The summed E-state index contributed by atoms with van der Waals surface area (Å²) in [5.41, 5.74) is 0. The molecule has 1 aromatic carbocycles. The molecule has 0 aliphatic heterocycles. The summed E-state index contributed by atoms with van der Waals surface area (Å²) < 4.78 is 45.3. The molecule has 0 aliphatic carbocycles. The van der Waals surface area contributed by atoms with E-state index in [1.807, 2.05) is 0 Å². The number of methoxy groups -OCH3 is 1. The minimum atomic E-state index is -4.25. The topological polar surface area (TPSA) is 92.7 Å². The number of carboxylic acid groups (broad SMARTS) is 1. The molecule has 0 aromatic heterocycles. The highest BCUT2D eigenvalue weighted by Crippen LogP contribution is 2.30. The molecule has 0 aliphatic rings. The Morgan fingerprint density at radius 3 is 2.50 bits per heavy atom. The zero-order valence-electron chi connectivity index (χ0n) is 12.3. The van der Waals surface area contributed by atoms with Crippen LogP contribution in [0.4, 0.5) is 4.39 Å². The Bertz CT molecular complexity index is 663. The van der Waals surface area contributed by atoms with Crippen LogP contribution in [0.1, 0.15) is 20.3 Å². The first-order chi connectivity index (χ1) is 10.1. The van der Waals surface area contributed by atoms with Crippen LogP contribution in [0.5, 0.6) is 5.75 Å². The number of hydrogen-bond donors (Lipinski definition) is 2. The molecule has 0 fully saturated rings. The van der Waals surface area contributed by atoms with Gasteiger partial charge in [0.05, 0.1) is 11.6 Å². The fraction of sp³-hybridized carbons (Fsp3) is 0.462. The van der Waals surface area contributed by atoms with Crippen molar-refractivity contribution in [3.05, 3.63) is 22.4 Å². The summed E-state index contributed by atoms with van der Waals surface area (Å²) in [7, 11) is -3.01. The van der Waals surface area contributed by atoms with Gasteiger partial charge in [-0.25, -0.2) is 12.8 Å².